The average molecular weight is 359 g/mol. The van der Waals surface area contributed by atoms with E-state index in [1.165, 1.54) is 0 Å². The maximum absolute atomic E-state index is 6.00. The lowest BCUT2D eigenvalue weighted by Gasteiger charge is -2.35. The van der Waals surface area contributed by atoms with Gasteiger partial charge in [0.05, 0.1) is 24.3 Å². The Labute approximate surface area is 158 Å². The van der Waals surface area contributed by atoms with E-state index in [2.05, 4.69) is 33.9 Å². The first kappa shape index (κ1) is 16.3. The van der Waals surface area contributed by atoms with Gasteiger partial charge in [0.2, 0.25) is 0 Å². The van der Waals surface area contributed by atoms with E-state index in [4.69, 9.17) is 14.7 Å². The van der Waals surface area contributed by atoms with E-state index in [9.17, 15) is 0 Å². The van der Waals surface area contributed by atoms with Crippen molar-refractivity contribution in [3.8, 4) is 11.4 Å². The van der Waals surface area contributed by atoms with Gasteiger partial charge in [-0.15, -0.1) is 0 Å². The van der Waals surface area contributed by atoms with Gasteiger partial charge in [0, 0.05) is 36.1 Å². The van der Waals surface area contributed by atoms with Crippen LogP contribution in [0, 0.1) is 6.92 Å². The Balaban J connectivity index is 1.57. The first-order valence-electron chi connectivity index (χ1n) is 9.27. The minimum absolute atomic E-state index is 0.115. The van der Waals surface area contributed by atoms with Crippen molar-refractivity contribution < 1.29 is 4.74 Å². The number of aryl methyl sites for hydroxylation is 1. The molecule has 6 nitrogen and oxygen atoms in total. The number of nitrogens with zero attached hydrogens (tertiary/aromatic N) is 5. The van der Waals surface area contributed by atoms with Gasteiger partial charge in [-0.2, -0.15) is 0 Å². The summed E-state index contributed by atoms with van der Waals surface area (Å²) < 4.78 is 6.00. The van der Waals surface area contributed by atoms with Gasteiger partial charge in [-0.05, 0) is 19.4 Å². The minimum atomic E-state index is -0.115. The summed E-state index contributed by atoms with van der Waals surface area (Å²) in [5, 5.41) is 0. The highest BCUT2D eigenvalue weighted by Crippen LogP contribution is 2.41. The number of ether oxygens (including phenoxy) is 1. The fourth-order valence-electron chi connectivity index (χ4n) is 4.19. The quantitative estimate of drug-likeness (QED) is 0.701. The normalized spacial score (nSPS) is 21.4. The van der Waals surface area contributed by atoms with Gasteiger partial charge >= 0.3 is 0 Å². The van der Waals surface area contributed by atoms with Crippen LogP contribution in [0.15, 0.2) is 48.9 Å². The van der Waals surface area contributed by atoms with Crippen LogP contribution >= 0.6 is 0 Å². The molecule has 0 unspecified atom stereocenters. The van der Waals surface area contributed by atoms with Crippen LogP contribution < -0.4 is 4.90 Å². The van der Waals surface area contributed by atoms with Crippen LogP contribution in [0.3, 0.4) is 0 Å². The zero-order valence-electron chi connectivity index (χ0n) is 15.3. The lowest BCUT2D eigenvalue weighted by molar-refractivity contribution is 0.0552. The first-order valence-corrected chi connectivity index (χ1v) is 9.27. The zero-order valence-corrected chi connectivity index (χ0v) is 15.3. The van der Waals surface area contributed by atoms with Crippen molar-refractivity contribution in [2.24, 2.45) is 0 Å². The molecule has 6 heteroatoms. The molecule has 0 amide bonds. The third kappa shape index (κ3) is 2.77. The van der Waals surface area contributed by atoms with Gasteiger partial charge in [-0.25, -0.2) is 19.9 Å². The molecule has 2 aliphatic heterocycles. The van der Waals surface area contributed by atoms with Crippen LogP contribution in [0.25, 0.3) is 11.4 Å². The summed E-state index contributed by atoms with van der Waals surface area (Å²) in [6.07, 6.45) is 4.39. The molecular weight excluding hydrogens is 338 g/mol. The van der Waals surface area contributed by atoms with Crippen LogP contribution in [-0.2, 0) is 16.8 Å². The molecule has 3 aromatic rings. The highest BCUT2D eigenvalue weighted by Gasteiger charge is 2.45. The molecule has 1 spiro atoms. The third-order valence-electron chi connectivity index (χ3n) is 5.62. The highest BCUT2D eigenvalue weighted by molar-refractivity contribution is 5.57. The maximum atomic E-state index is 6.00. The maximum Gasteiger partial charge on any atom is 0.159 e. The number of hydrogen-bond donors (Lipinski definition) is 0. The van der Waals surface area contributed by atoms with Crippen LogP contribution in [0.4, 0.5) is 5.82 Å². The summed E-state index contributed by atoms with van der Waals surface area (Å²) in [5.41, 5.74) is 4.24. The molecule has 0 N–H and O–H groups in total. The molecule has 1 atom stereocenters. The fraction of sp³-hybridized carbons (Fsp3) is 0.333. The fourth-order valence-corrected chi connectivity index (χ4v) is 4.19. The molecule has 0 radical (unpaired) electrons. The van der Waals surface area contributed by atoms with E-state index < -0.39 is 0 Å². The second-order valence-corrected chi connectivity index (χ2v) is 7.34. The van der Waals surface area contributed by atoms with Gasteiger partial charge in [0.1, 0.15) is 12.1 Å². The molecule has 0 aliphatic carbocycles. The molecule has 0 bridgehead atoms. The summed E-state index contributed by atoms with van der Waals surface area (Å²) in [4.78, 5) is 20.6. The second kappa shape index (κ2) is 6.39. The number of hydrogen-bond acceptors (Lipinski definition) is 6. The minimum Gasteiger partial charge on any atom is -0.376 e. The standard InChI is InChI=1S/C21H21N5O/c1-15-17-11-27-13-21(8-10-26(12-21)18-7-9-22-14-23-18)19(17)25-20(24-15)16-5-3-2-4-6-16/h2-7,9,14H,8,10-13H2,1H3/t21-/m0/s1. The molecule has 2 aromatic heterocycles. The van der Waals surface area contributed by atoms with E-state index in [0.717, 1.165) is 53.7 Å². The second-order valence-electron chi connectivity index (χ2n) is 7.34. The van der Waals surface area contributed by atoms with Gasteiger partial charge in [0.25, 0.3) is 0 Å². The van der Waals surface area contributed by atoms with Gasteiger partial charge in [0.15, 0.2) is 5.82 Å². The third-order valence-corrected chi connectivity index (χ3v) is 5.62. The molecule has 5 rings (SSSR count). The number of anilines is 1. The van der Waals surface area contributed by atoms with E-state index in [0.29, 0.717) is 13.2 Å². The van der Waals surface area contributed by atoms with E-state index in [1.54, 1.807) is 12.5 Å². The van der Waals surface area contributed by atoms with Crippen LogP contribution in [0.5, 0.6) is 0 Å². The molecule has 27 heavy (non-hydrogen) atoms. The average Bonchev–Trinajstić information content (AvgIpc) is 3.15. The Morgan fingerprint density at radius 2 is 2.00 bits per heavy atom. The summed E-state index contributed by atoms with van der Waals surface area (Å²) in [6.45, 7) is 5.12. The van der Waals surface area contributed by atoms with Crippen molar-refractivity contribution in [1.82, 2.24) is 19.9 Å². The predicted octanol–water partition coefficient (Wildman–Crippen LogP) is 2.92. The predicted molar refractivity (Wildman–Crippen MR) is 102 cm³/mol. The van der Waals surface area contributed by atoms with E-state index in [-0.39, 0.29) is 5.41 Å². The van der Waals surface area contributed by atoms with Crippen LogP contribution in [-0.4, -0.2) is 39.6 Å². The first-order chi connectivity index (χ1) is 13.3. The van der Waals surface area contributed by atoms with Crippen molar-refractivity contribution in [2.75, 3.05) is 24.6 Å². The molecule has 4 heterocycles. The summed E-state index contributed by atoms with van der Waals surface area (Å²) in [5.74, 6) is 1.76. The van der Waals surface area contributed by atoms with E-state index in [1.807, 2.05) is 24.3 Å². The van der Waals surface area contributed by atoms with Crippen molar-refractivity contribution >= 4 is 5.82 Å². The largest absolute Gasteiger partial charge is 0.376 e. The lowest BCUT2D eigenvalue weighted by atomic mass is 9.80. The number of rotatable bonds is 2. The van der Waals surface area contributed by atoms with Gasteiger partial charge in [-0.1, -0.05) is 30.3 Å². The van der Waals surface area contributed by atoms with Gasteiger partial charge in [-0.3, -0.25) is 0 Å². The molecule has 1 aromatic carbocycles. The number of benzene rings is 1. The number of fused-ring (bicyclic) bond motifs is 2. The Kier molecular flexibility index (Phi) is 3.86. The monoisotopic (exact) mass is 359 g/mol. The molecule has 136 valence electrons. The highest BCUT2D eigenvalue weighted by atomic mass is 16.5. The Morgan fingerprint density at radius 1 is 1.11 bits per heavy atom. The Hall–Kier alpha value is -2.86. The SMILES string of the molecule is Cc1nc(-c2ccccc2)nc2c1COC[C@@]21CCN(c2ccncn2)C1. The summed E-state index contributed by atoms with van der Waals surface area (Å²) >= 11 is 0. The summed E-state index contributed by atoms with van der Waals surface area (Å²) in [7, 11) is 0. The van der Waals surface area contributed by atoms with Crippen LogP contribution in [0.1, 0.15) is 23.4 Å². The zero-order chi connectivity index (χ0) is 18.3. The van der Waals surface area contributed by atoms with Crippen LogP contribution in [0.2, 0.25) is 0 Å². The lowest BCUT2D eigenvalue weighted by Crippen LogP contribution is -2.41. The van der Waals surface area contributed by atoms with Crippen molar-refractivity contribution in [2.45, 2.75) is 25.4 Å². The van der Waals surface area contributed by atoms with Crippen molar-refractivity contribution in [3.63, 3.8) is 0 Å². The molecule has 0 saturated carbocycles. The van der Waals surface area contributed by atoms with Gasteiger partial charge < -0.3 is 9.64 Å². The molecule has 1 saturated heterocycles. The summed E-state index contributed by atoms with van der Waals surface area (Å²) in [6, 6.07) is 12.2. The number of aromatic nitrogens is 4. The Bertz CT molecular complexity index is 963. The van der Waals surface area contributed by atoms with E-state index >= 15 is 0 Å². The Morgan fingerprint density at radius 3 is 2.81 bits per heavy atom. The van der Waals surface area contributed by atoms with Crippen molar-refractivity contribution in [1.29, 1.82) is 0 Å². The molecular formula is C21H21N5O. The molecule has 2 aliphatic rings. The topological polar surface area (TPSA) is 64.0 Å². The smallest absolute Gasteiger partial charge is 0.159 e. The molecule has 1 fully saturated rings. The van der Waals surface area contributed by atoms with Crippen molar-refractivity contribution in [3.05, 3.63) is 65.9 Å².